The Morgan fingerprint density at radius 3 is 2.67 bits per heavy atom. The number of rotatable bonds is 5. The number of hydrogen-bond acceptors (Lipinski definition) is 3. The van der Waals surface area contributed by atoms with Crippen LogP contribution in [0.15, 0.2) is 24.3 Å². The molecule has 0 heterocycles. The molecule has 0 aromatic heterocycles. The molecule has 1 aromatic rings. The van der Waals surface area contributed by atoms with Crippen molar-refractivity contribution in [3.05, 3.63) is 30.1 Å². The predicted molar refractivity (Wildman–Crippen MR) is 77.5 cm³/mol. The second-order valence-electron chi connectivity index (χ2n) is 6.02. The van der Waals surface area contributed by atoms with Gasteiger partial charge in [0, 0.05) is 18.6 Å². The van der Waals surface area contributed by atoms with Crippen LogP contribution in [0.1, 0.15) is 33.1 Å². The fraction of sp³-hybridized carbons (Fsp3) is 0.562. The first kappa shape index (κ1) is 15.8. The molecule has 2 N–H and O–H groups in total. The Morgan fingerprint density at radius 1 is 1.38 bits per heavy atom. The molecule has 1 saturated carbocycles. The lowest BCUT2D eigenvalue weighted by molar-refractivity contribution is -0.135. The molecule has 0 saturated heterocycles. The largest absolute Gasteiger partial charge is 0.478 e. The van der Waals surface area contributed by atoms with Gasteiger partial charge in [0.25, 0.3) is 5.91 Å². The maximum atomic E-state index is 12.9. The molecule has 0 bridgehead atoms. The average Bonchev–Trinajstić information content (AvgIpc) is 2.88. The number of carbonyl (C=O) groups excluding carboxylic acids is 1. The Labute approximate surface area is 124 Å². The smallest absolute Gasteiger partial charge is 0.263 e. The van der Waals surface area contributed by atoms with Gasteiger partial charge in [-0.1, -0.05) is 6.42 Å². The summed E-state index contributed by atoms with van der Waals surface area (Å²) in [5.41, 5.74) is -1.06. The van der Waals surface area contributed by atoms with Crippen molar-refractivity contribution in [2.75, 3.05) is 6.61 Å². The van der Waals surface area contributed by atoms with Gasteiger partial charge in [0.2, 0.25) is 0 Å². The first-order valence-corrected chi connectivity index (χ1v) is 7.29. The van der Waals surface area contributed by atoms with Gasteiger partial charge in [-0.3, -0.25) is 4.79 Å². The topological polar surface area (TPSA) is 58.6 Å². The van der Waals surface area contributed by atoms with Crippen LogP contribution in [-0.2, 0) is 4.79 Å². The monoisotopic (exact) mass is 295 g/mol. The van der Waals surface area contributed by atoms with Crippen LogP contribution in [0, 0.1) is 11.7 Å². The standard InChI is InChI=1S/C16H22FNO3/c1-16(2,21-13-8-6-12(17)7-9-13)15(20)18-14-5-3-4-11(14)10-19/h6-9,11,14,19H,3-5,10H2,1-2H3,(H,18,20). The summed E-state index contributed by atoms with van der Waals surface area (Å²) >= 11 is 0. The number of amides is 1. The van der Waals surface area contributed by atoms with Gasteiger partial charge < -0.3 is 15.2 Å². The Bertz CT molecular complexity index is 487. The van der Waals surface area contributed by atoms with Crippen LogP contribution in [0.4, 0.5) is 4.39 Å². The van der Waals surface area contributed by atoms with Gasteiger partial charge in [0.05, 0.1) is 0 Å². The molecule has 2 atom stereocenters. The van der Waals surface area contributed by atoms with E-state index in [4.69, 9.17) is 4.74 Å². The maximum Gasteiger partial charge on any atom is 0.263 e. The Kier molecular flexibility index (Phi) is 4.83. The van der Waals surface area contributed by atoms with Crippen molar-refractivity contribution in [2.24, 2.45) is 5.92 Å². The minimum absolute atomic E-state index is 0.00130. The SMILES string of the molecule is CC(C)(Oc1ccc(F)cc1)C(=O)NC1CCCC1CO. The summed E-state index contributed by atoms with van der Waals surface area (Å²) in [5, 5.41) is 12.2. The summed E-state index contributed by atoms with van der Waals surface area (Å²) in [4.78, 5) is 12.4. The first-order valence-electron chi connectivity index (χ1n) is 7.29. The van der Waals surface area contributed by atoms with Crippen LogP contribution < -0.4 is 10.1 Å². The van der Waals surface area contributed by atoms with Crippen molar-refractivity contribution < 1.29 is 19.0 Å². The third kappa shape index (κ3) is 3.94. The Morgan fingerprint density at radius 2 is 2.05 bits per heavy atom. The summed E-state index contributed by atoms with van der Waals surface area (Å²) in [6.45, 7) is 3.44. The van der Waals surface area contributed by atoms with Crippen molar-refractivity contribution in [2.45, 2.75) is 44.8 Å². The van der Waals surface area contributed by atoms with E-state index in [1.807, 2.05) is 0 Å². The molecule has 0 spiro atoms. The van der Waals surface area contributed by atoms with E-state index in [1.54, 1.807) is 13.8 Å². The van der Waals surface area contributed by atoms with E-state index in [-0.39, 0.29) is 30.3 Å². The molecular formula is C16H22FNO3. The fourth-order valence-electron chi connectivity index (χ4n) is 2.63. The molecule has 2 unspecified atom stereocenters. The number of aliphatic hydroxyl groups excluding tert-OH is 1. The van der Waals surface area contributed by atoms with Crippen molar-refractivity contribution in [3.8, 4) is 5.75 Å². The van der Waals surface area contributed by atoms with E-state index < -0.39 is 5.60 Å². The zero-order valence-corrected chi connectivity index (χ0v) is 12.4. The summed E-state index contributed by atoms with van der Waals surface area (Å²) in [7, 11) is 0. The minimum Gasteiger partial charge on any atom is -0.478 e. The molecule has 1 aliphatic carbocycles. The zero-order valence-electron chi connectivity index (χ0n) is 12.4. The summed E-state index contributed by atoms with van der Waals surface area (Å²) in [5.74, 6) is -0.00391. The number of aliphatic hydroxyl groups is 1. The van der Waals surface area contributed by atoms with Gasteiger partial charge in [-0.25, -0.2) is 4.39 Å². The van der Waals surface area contributed by atoms with E-state index in [2.05, 4.69) is 5.32 Å². The third-order valence-corrected chi connectivity index (χ3v) is 3.94. The molecule has 116 valence electrons. The lowest BCUT2D eigenvalue weighted by Crippen LogP contribution is -2.51. The van der Waals surface area contributed by atoms with Crippen LogP contribution in [0.25, 0.3) is 0 Å². The number of carbonyl (C=O) groups is 1. The van der Waals surface area contributed by atoms with E-state index in [1.165, 1.54) is 24.3 Å². The molecule has 0 radical (unpaired) electrons. The van der Waals surface area contributed by atoms with Crippen LogP contribution >= 0.6 is 0 Å². The molecule has 1 amide bonds. The van der Waals surface area contributed by atoms with Gasteiger partial charge in [-0.05, 0) is 51.0 Å². The van der Waals surface area contributed by atoms with Gasteiger partial charge in [0.1, 0.15) is 11.6 Å². The van der Waals surface area contributed by atoms with Crippen LogP contribution in [0.5, 0.6) is 5.75 Å². The number of nitrogens with one attached hydrogen (secondary N) is 1. The molecule has 5 heteroatoms. The fourth-order valence-corrected chi connectivity index (χ4v) is 2.63. The lowest BCUT2D eigenvalue weighted by atomic mass is 10.0. The van der Waals surface area contributed by atoms with E-state index >= 15 is 0 Å². The van der Waals surface area contributed by atoms with E-state index in [0.717, 1.165) is 19.3 Å². The molecule has 2 rings (SSSR count). The second kappa shape index (κ2) is 6.43. The highest BCUT2D eigenvalue weighted by Crippen LogP contribution is 2.26. The third-order valence-electron chi connectivity index (χ3n) is 3.94. The molecule has 1 fully saturated rings. The second-order valence-corrected chi connectivity index (χ2v) is 6.02. The molecular weight excluding hydrogens is 273 g/mol. The van der Waals surface area contributed by atoms with E-state index in [9.17, 15) is 14.3 Å². The summed E-state index contributed by atoms with van der Waals surface area (Å²) in [6.07, 6.45) is 2.82. The van der Waals surface area contributed by atoms with Crippen molar-refractivity contribution in [1.82, 2.24) is 5.32 Å². The summed E-state index contributed by atoms with van der Waals surface area (Å²) < 4.78 is 18.5. The van der Waals surface area contributed by atoms with Gasteiger partial charge in [-0.15, -0.1) is 0 Å². The number of benzene rings is 1. The van der Waals surface area contributed by atoms with Gasteiger partial charge >= 0.3 is 0 Å². The Balaban J connectivity index is 1.97. The Hall–Kier alpha value is -1.62. The highest BCUT2D eigenvalue weighted by Gasteiger charge is 2.35. The zero-order chi connectivity index (χ0) is 15.5. The normalized spacial score (nSPS) is 22.1. The number of hydrogen-bond donors (Lipinski definition) is 2. The highest BCUT2D eigenvalue weighted by molar-refractivity contribution is 5.85. The molecule has 1 aromatic carbocycles. The van der Waals surface area contributed by atoms with Crippen LogP contribution in [-0.4, -0.2) is 29.3 Å². The number of halogens is 1. The first-order chi connectivity index (χ1) is 9.92. The highest BCUT2D eigenvalue weighted by atomic mass is 19.1. The lowest BCUT2D eigenvalue weighted by Gasteiger charge is -2.28. The molecule has 4 nitrogen and oxygen atoms in total. The minimum atomic E-state index is -1.06. The maximum absolute atomic E-state index is 12.9. The molecule has 0 aliphatic heterocycles. The van der Waals surface area contributed by atoms with E-state index in [0.29, 0.717) is 5.75 Å². The van der Waals surface area contributed by atoms with Crippen molar-refractivity contribution in [3.63, 3.8) is 0 Å². The number of ether oxygens (including phenoxy) is 1. The van der Waals surface area contributed by atoms with Crippen molar-refractivity contribution in [1.29, 1.82) is 0 Å². The quantitative estimate of drug-likeness (QED) is 0.876. The van der Waals surface area contributed by atoms with Gasteiger partial charge in [0.15, 0.2) is 5.60 Å². The van der Waals surface area contributed by atoms with Crippen molar-refractivity contribution >= 4 is 5.91 Å². The predicted octanol–water partition coefficient (Wildman–Crippen LogP) is 2.26. The van der Waals surface area contributed by atoms with Crippen LogP contribution in [0.2, 0.25) is 0 Å². The summed E-state index contributed by atoms with van der Waals surface area (Å²) in [6, 6.07) is 5.58. The van der Waals surface area contributed by atoms with Crippen LogP contribution in [0.3, 0.4) is 0 Å². The molecule has 1 aliphatic rings. The molecule has 21 heavy (non-hydrogen) atoms. The van der Waals surface area contributed by atoms with Gasteiger partial charge in [-0.2, -0.15) is 0 Å². The average molecular weight is 295 g/mol.